The molecule has 4 nitrogen and oxygen atoms in total. The molecule has 0 atom stereocenters. The number of benzene rings is 3. The van der Waals surface area contributed by atoms with Gasteiger partial charge in [0, 0.05) is 39.3 Å². The number of amides is 1. The standard InChI is InChI=1S/C27H21Cl2N3OS/c1-16-7-10-21(11-17(16)2)30-27-31-26(33)25(34-27)12-19-15-32(24-6-4-3-5-22(19)24)14-18-8-9-20(28)13-23(18)29/h3-13,15H,14H2,1-2H3,(H,30,31,33)/b25-12-. The van der Waals surface area contributed by atoms with Gasteiger partial charge in [0.1, 0.15) is 0 Å². The second kappa shape index (κ2) is 9.34. The molecule has 5 rings (SSSR count). The molecule has 0 radical (unpaired) electrons. The van der Waals surface area contributed by atoms with Gasteiger partial charge in [-0.2, -0.15) is 0 Å². The van der Waals surface area contributed by atoms with Crippen molar-refractivity contribution in [2.45, 2.75) is 20.4 Å². The number of rotatable bonds is 4. The number of carbonyl (C=O) groups excluding carboxylic acids is 1. The molecular weight excluding hydrogens is 485 g/mol. The van der Waals surface area contributed by atoms with Gasteiger partial charge in [0.05, 0.1) is 10.6 Å². The van der Waals surface area contributed by atoms with E-state index < -0.39 is 0 Å². The van der Waals surface area contributed by atoms with Crippen LogP contribution >= 0.6 is 35.0 Å². The Bertz CT molecular complexity index is 1500. The SMILES string of the molecule is Cc1ccc(N=C2NC(=O)/C(=C/c3cn(Cc4ccc(Cl)cc4Cl)c4ccccc34)S2)cc1C. The van der Waals surface area contributed by atoms with Crippen molar-refractivity contribution in [1.82, 2.24) is 9.88 Å². The molecule has 1 N–H and O–H groups in total. The number of para-hydroxylation sites is 1. The second-order valence-electron chi connectivity index (χ2n) is 8.22. The van der Waals surface area contributed by atoms with E-state index in [1.807, 2.05) is 48.5 Å². The predicted molar refractivity (Wildman–Crippen MR) is 144 cm³/mol. The number of fused-ring (bicyclic) bond motifs is 1. The van der Waals surface area contributed by atoms with Crippen molar-refractivity contribution in [3.63, 3.8) is 0 Å². The van der Waals surface area contributed by atoms with Crippen molar-refractivity contribution >= 4 is 68.7 Å². The van der Waals surface area contributed by atoms with Crippen LogP contribution in [0.2, 0.25) is 10.0 Å². The van der Waals surface area contributed by atoms with Crippen molar-refractivity contribution < 1.29 is 4.79 Å². The number of aryl methyl sites for hydroxylation is 2. The number of hydrogen-bond donors (Lipinski definition) is 1. The van der Waals surface area contributed by atoms with E-state index in [1.165, 1.54) is 22.9 Å². The van der Waals surface area contributed by atoms with Crippen LogP contribution in [0.25, 0.3) is 17.0 Å². The summed E-state index contributed by atoms with van der Waals surface area (Å²) in [6.07, 6.45) is 3.97. The summed E-state index contributed by atoms with van der Waals surface area (Å²) < 4.78 is 2.14. The maximum Gasteiger partial charge on any atom is 0.264 e. The zero-order valence-electron chi connectivity index (χ0n) is 18.6. The summed E-state index contributed by atoms with van der Waals surface area (Å²) in [7, 11) is 0. The second-order valence-corrected chi connectivity index (χ2v) is 10.1. The van der Waals surface area contributed by atoms with Crippen LogP contribution in [0.1, 0.15) is 22.3 Å². The zero-order chi connectivity index (χ0) is 23.8. The van der Waals surface area contributed by atoms with E-state index in [0.29, 0.717) is 26.7 Å². The van der Waals surface area contributed by atoms with E-state index >= 15 is 0 Å². The molecular formula is C27H21Cl2N3OS. The van der Waals surface area contributed by atoms with Gasteiger partial charge in [-0.15, -0.1) is 0 Å². The third kappa shape index (κ3) is 4.64. The van der Waals surface area contributed by atoms with E-state index in [1.54, 1.807) is 6.07 Å². The minimum absolute atomic E-state index is 0.148. The summed E-state index contributed by atoms with van der Waals surface area (Å²) in [5.74, 6) is -0.148. The summed E-state index contributed by atoms with van der Waals surface area (Å²) >= 11 is 13.8. The fraction of sp³-hybridized carbons (Fsp3) is 0.111. The molecule has 1 aromatic heterocycles. The molecule has 4 aromatic rings. The zero-order valence-corrected chi connectivity index (χ0v) is 20.9. The van der Waals surface area contributed by atoms with Crippen molar-refractivity contribution in [1.29, 1.82) is 0 Å². The number of nitrogens with zero attached hydrogens (tertiary/aromatic N) is 2. The molecule has 0 unspecified atom stereocenters. The molecule has 1 aliphatic heterocycles. The Balaban J connectivity index is 1.47. The highest BCUT2D eigenvalue weighted by Gasteiger charge is 2.24. The first-order valence-electron chi connectivity index (χ1n) is 10.8. The molecule has 0 saturated carbocycles. The van der Waals surface area contributed by atoms with Crippen LogP contribution in [-0.2, 0) is 11.3 Å². The number of halogens is 2. The van der Waals surface area contributed by atoms with Crippen LogP contribution in [0.3, 0.4) is 0 Å². The molecule has 1 fully saturated rings. The average Bonchev–Trinajstić information content (AvgIpc) is 3.33. The number of thioether (sulfide) groups is 1. The van der Waals surface area contributed by atoms with Gasteiger partial charge in [-0.05, 0) is 78.7 Å². The normalized spacial score (nSPS) is 16.1. The van der Waals surface area contributed by atoms with Crippen LogP contribution in [0.4, 0.5) is 5.69 Å². The number of hydrogen-bond acceptors (Lipinski definition) is 3. The largest absolute Gasteiger partial charge is 0.342 e. The van der Waals surface area contributed by atoms with Gasteiger partial charge in [0.2, 0.25) is 0 Å². The highest BCUT2D eigenvalue weighted by atomic mass is 35.5. The van der Waals surface area contributed by atoms with E-state index in [2.05, 4.69) is 47.1 Å². The fourth-order valence-corrected chi connectivity index (χ4v) is 5.19. The van der Waals surface area contributed by atoms with E-state index in [0.717, 1.165) is 27.7 Å². The molecule has 3 aromatic carbocycles. The number of aliphatic imine (C=N–C) groups is 1. The highest BCUT2D eigenvalue weighted by Crippen LogP contribution is 2.32. The number of amidine groups is 1. The monoisotopic (exact) mass is 505 g/mol. The number of carbonyl (C=O) groups is 1. The Morgan fingerprint density at radius 1 is 1.03 bits per heavy atom. The Labute approximate surface area is 212 Å². The summed E-state index contributed by atoms with van der Waals surface area (Å²) in [6, 6.07) is 19.7. The molecule has 0 bridgehead atoms. The molecule has 1 aliphatic rings. The van der Waals surface area contributed by atoms with Crippen molar-refractivity contribution in [3.05, 3.63) is 104 Å². The minimum atomic E-state index is -0.148. The van der Waals surface area contributed by atoms with E-state index in [4.69, 9.17) is 23.2 Å². The van der Waals surface area contributed by atoms with Gasteiger partial charge >= 0.3 is 0 Å². The van der Waals surface area contributed by atoms with Crippen molar-refractivity contribution in [2.24, 2.45) is 4.99 Å². The van der Waals surface area contributed by atoms with Gasteiger partial charge in [-0.1, -0.05) is 53.5 Å². The molecule has 7 heteroatoms. The summed E-state index contributed by atoms with van der Waals surface area (Å²) in [5.41, 5.74) is 6.20. The minimum Gasteiger partial charge on any atom is -0.342 e. The van der Waals surface area contributed by atoms with E-state index in [-0.39, 0.29) is 5.91 Å². The Kier molecular flexibility index (Phi) is 6.26. The first-order valence-corrected chi connectivity index (χ1v) is 12.3. The summed E-state index contributed by atoms with van der Waals surface area (Å²) in [4.78, 5) is 17.9. The molecule has 0 aliphatic carbocycles. The van der Waals surface area contributed by atoms with Crippen LogP contribution in [0.5, 0.6) is 0 Å². The Morgan fingerprint density at radius 2 is 1.85 bits per heavy atom. The van der Waals surface area contributed by atoms with Crippen LogP contribution in [-0.4, -0.2) is 15.6 Å². The van der Waals surface area contributed by atoms with Crippen LogP contribution in [0.15, 0.2) is 76.8 Å². The molecule has 1 amide bonds. The topological polar surface area (TPSA) is 46.4 Å². The number of nitrogens with one attached hydrogen (secondary N) is 1. The maximum absolute atomic E-state index is 12.7. The quantitative estimate of drug-likeness (QED) is 0.291. The first-order chi connectivity index (χ1) is 16.4. The molecule has 34 heavy (non-hydrogen) atoms. The summed E-state index contributed by atoms with van der Waals surface area (Å²) in [6.45, 7) is 4.72. The smallest absolute Gasteiger partial charge is 0.264 e. The highest BCUT2D eigenvalue weighted by molar-refractivity contribution is 8.18. The van der Waals surface area contributed by atoms with Crippen molar-refractivity contribution in [2.75, 3.05) is 0 Å². The molecule has 0 spiro atoms. The Hall–Kier alpha value is -2.99. The van der Waals surface area contributed by atoms with Crippen LogP contribution in [0, 0.1) is 13.8 Å². The van der Waals surface area contributed by atoms with Crippen LogP contribution < -0.4 is 5.32 Å². The fourth-order valence-electron chi connectivity index (χ4n) is 3.89. The predicted octanol–water partition coefficient (Wildman–Crippen LogP) is 7.50. The lowest BCUT2D eigenvalue weighted by molar-refractivity contribution is -0.115. The molecule has 170 valence electrons. The maximum atomic E-state index is 12.7. The van der Waals surface area contributed by atoms with Crippen molar-refractivity contribution in [3.8, 4) is 0 Å². The van der Waals surface area contributed by atoms with Gasteiger partial charge in [-0.3, -0.25) is 4.79 Å². The van der Waals surface area contributed by atoms with E-state index in [9.17, 15) is 4.79 Å². The molecule has 1 saturated heterocycles. The third-order valence-corrected chi connectivity index (χ3v) is 7.33. The van der Waals surface area contributed by atoms with Gasteiger partial charge in [0.15, 0.2) is 5.17 Å². The first kappa shape index (κ1) is 22.8. The lowest BCUT2D eigenvalue weighted by Crippen LogP contribution is -2.19. The third-order valence-electron chi connectivity index (χ3n) is 5.83. The Morgan fingerprint density at radius 3 is 2.65 bits per heavy atom. The lowest BCUT2D eigenvalue weighted by Gasteiger charge is -2.08. The summed E-state index contributed by atoms with van der Waals surface area (Å²) in [5, 5.41) is 5.76. The van der Waals surface area contributed by atoms with Gasteiger partial charge in [0.25, 0.3) is 5.91 Å². The average molecular weight is 506 g/mol. The molecule has 2 heterocycles. The van der Waals surface area contributed by atoms with Gasteiger partial charge < -0.3 is 9.88 Å². The lowest BCUT2D eigenvalue weighted by atomic mass is 10.1. The number of aromatic nitrogens is 1. The van der Waals surface area contributed by atoms with Gasteiger partial charge in [-0.25, -0.2) is 4.99 Å².